The van der Waals surface area contributed by atoms with Gasteiger partial charge in [-0.15, -0.1) is 10.2 Å². The summed E-state index contributed by atoms with van der Waals surface area (Å²) >= 11 is 3.50. The van der Waals surface area contributed by atoms with E-state index in [4.69, 9.17) is 0 Å². The van der Waals surface area contributed by atoms with Gasteiger partial charge in [0.1, 0.15) is 5.69 Å². The molecule has 0 atom stereocenters. The van der Waals surface area contributed by atoms with Crippen molar-refractivity contribution in [2.24, 2.45) is 0 Å². The molecule has 4 aromatic rings. The van der Waals surface area contributed by atoms with E-state index < -0.39 is 0 Å². The second kappa shape index (κ2) is 7.05. The molecule has 0 saturated carbocycles. The maximum absolute atomic E-state index is 12.2. The Balaban J connectivity index is 2.10. The van der Waals surface area contributed by atoms with Crippen LogP contribution in [0.2, 0.25) is 0 Å². The standard InChI is InChI=1S/C23H17BrN2O/c1-14-7-12-20-21(13-14)25-26-23(19-6-4-3-5-18(19)15(2)27)22(20)16-8-10-17(24)11-9-16/h3-13H,1-2H3. The summed E-state index contributed by atoms with van der Waals surface area (Å²) < 4.78 is 1.01. The molecule has 1 aromatic heterocycles. The zero-order chi connectivity index (χ0) is 19.0. The minimum Gasteiger partial charge on any atom is -0.294 e. The van der Waals surface area contributed by atoms with E-state index in [1.807, 2.05) is 49.4 Å². The quantitative estimate of drug-likeness (QED) is 0.371. The Kier molecular flexibility index (Phi) is 4.58. The van der Waals surface area contributed by atoms with E-state index in [9.17, 15) is 4.79 Å². The molecule has 0 unspecified atom stereocenters. The molecule has 0 saturated heterocycles. The number of ketones is 1. The molecule has 0 aliphatic carbocycles. The number of Topliss-reactive ketones (excluding diaryl/α,β-unsaturated/α-hetero) is 1. The summed E-state index contributed by atoms with van der Waals surface area (Å²) in [5, 5.41) is 10.0. The largest absolute Gasteiger partial charge is 0.294 e. The van der Waals surface area contributed by atoms with E-state index in [0.717, 1.165) is 43.3 Å². The fraction of sp³-hybridized carbons (Fsp3) is 0.0870. The van der Waals surface area contributed by atoms with E-state index in [2.05, 4.69) is 50.4 Å². The molecule has 4 heteroatoms. The summed E-state index contributed by atoms with van der Waals surface area (Å²) in [6, 6.07) is 21.9. The topological polar surface area (TPSA) is 42.9 Å². The number of hydrogen-bond acceptors (Lipinski definition) is 3. The van der Waals surface area contributed by atoms with Crippen LogP contribution in [-0.2, 0) is 0 Å². The van der Waals surface area contributed by atoms with Crippen molar-refractivity contribution in [3.05, 3.63) is 82.3 Å². The lowest BCUT2D eigenvalue weighted by Gasteiger charge is -2.14. The predicted molar refractivity (Wildman–Crippen MR) is 113 cm³/mol. The third-order valence-electron chi connectivity index (χ3n) is 4.61. The van der Waals surface area contributed by atoms with Gasteiger partial charge >= 0.3 is 0 Å². The first kappa shape index (κ1) is 17.6. The minimum atomic E-state index is 0.0122. The van der Waals surface area contributed by atoms with Crippen LogP contribution >= 0.6 is 15.9 Å². The molecule has 1 heterocycles. The smallest absolute Gasteiger partial charge is 0.160 e. The van der Waals surface area contributed by atoms with Crippen LogP contribution < -0.4 is 0 Å². The molecule has 0 aliphatic rings. The first-order chi connectivity index (χ1) is 13.0. The fourth-order valence-corrected chi connectivity index (χ4v) is 3.58. The minimum absolute atomic E-state index is 0.0122. The van der Waals surface area contributed by atoms with Crippen LogP contribution in [0, 0.1) is 6.92 Å². The summed E-state index contributed by atoms with van der Waals surface area (Å²) in [5.74, 6) is 0.0122. The highest BCUT2D eigenvalue weighted by Gasteiger charge is 2.18. The van der Waals surface area contributed by atoms with Crippen LogP contribution in [0.5, 0.6) is 0 Å². The van der Waals surface area contributed by atoms with Gasteiger partial charge < -0.3 is 0 Å². The van der Waals surface area contributed by atoms with Gasteiger partial charge in [0.2, 0.25) is 0 Å². The van der Waals surface area contributed by atoms with E-state index in [0.29, 0.717) is 5.56 Å². The highest BCUT2D eigenvalue weighted by atomic mass is 79.9. The van der Waals surface area contributed by atoms with Crippen molar-refractivity contribution in [1.29, 1.82) is 0 Å². The number of carbonyl (C=O) groups excluding carboxylic acids is 1. The van der Waals surface area contributed by atoms with Crippen LogP contribution in [0.25, 0.3) is 33.3 Å². The van der Waals surface area contributed by atoms with Crippen LogP contribution in [-0.4, -0.2) is 16.0 Å². The molecule has 4 rings (SSSR count). The van der Waals surface area contributed by atoms with Crippen molar-refractivity contribution >= 4 is 32.6 Å². The Labute approximate surface area is 166 Å². The van der Waals surface area contributed by atoms with Crippen LogP contribution in [0.15, 0.2) is 71.2 Å². The number of hydrogen-bond donors (Lipinski definition) is 0. The highest BCUT2D eigenvalue weighted by Crippen LogP contribution is 2.37. The number of rotatable bonds is 3. The average Bonchev–Trinajstić information content (AvgIpc) is 2.67. The maximum atomic E-state index is 12.2. The van der Waals surface area contributed by atoms with E-state index in [1.54, 1.807) is 6.92 Å². The maximum Gasteiger partial charge on any atom is 0.160 e. The van der Waals surface area contributed by atoms with Crippen LogP contribution in [0.3, 0.4) is 0 Å². The molecular weight excluding hydrogens is 400 g/mol. The van der Waals surface area contributed by atoms with E-state index in [-0.39, 0.29) is 5.78 Å². The molecule has 0 spiro atoms. The molecule has 132 valence electrons. The van der Waals surface area contributed by atoms with Gasteiger partial charge in [-0.05, 0) is 43.2 Å². The lowest BCUT2D eigenvalue weighted by molar-refractivity contribution is 0.101. The molecule has 3 aromatic carbocycles. The molecule has 0 radical (unpaired) electrons. The van der Waals surface area contributed by atoms with Crippen LogP contribution in [0.4, 0.5) is 0 Å². The number of nitrogens with zero attached hydrogens (tertiary/aromatic N) is 2. The second-order valence-corrected chi connectivity index (χ2v) is 7.47. The van der Waals surface area contributed by atoms with E-state index >= 15 is 0 Å². The Morgan fingerprint density at radius 3 is 2.41 bits per heavy atom. The summed E-state index contributed by atoms with van der Waals surface area (Å²) in [6.07, 6.45) is 0. The van der Waals surface area contributed by atoms with Gasteiger partial charge in [0.25, 0.3) is 0 Å². The fourth-order valence-electron chi connectivity index (χ4n) is 3.31. The Hall–Kier alpha value is -2.85. The number of halogens is 1. The normalized spacial score (nSPS) is 10.9. The molecule has 3 nitrogen and oxygen atoms in total. The molecule has 0 fully saturated rings. The van der Waals surface area contributed by atoms with Gasteiger partial charge in [0.05, 0.1) is 5.52 Å². The summed E-state index contributed by atoms with van der Waals surface area (Å²) in [5.41, 5.74) is 6.18. The molecule has 0 amide bonds. The predicted octanol–water partition coefficient (Wildman–Crippen LogP) is 6.24. The third kappa shape index (κ3) is 3.28. The van der Waals surface area contributed by atoms with E-state index in [1.165, 1.54) is 0 Å². The zero-order valence-electron chi connectivity index (χ0n) is 15.0. The SMILES string of the molecule is CC(=O)c1ccccc1-c1nnc2cc(C)ccc2c1-c1ccc(Br)cc1. The van der Waals surface area contributed by atoms with Gasteiger partial charge in [-0.1, -0.05) is 64.5 Å². The van der Waals surface area contributed by atoms with Gasteiger partial charge in [0, 0.05) is 26.5 Å². The van der Waals surface area contributed by atoms with Crippen molar-refractivity contribution in [2.45, 2.75) is 13.8 Å². The molecule has 0 N–H and O–H groups in total. The zero-order valence-corrected chi connectivity index (χ0v) is 16.6. The highest BCUT2D eigenvalue weighted by molar-refractivity contribution is 9.10. The second-order valence-electron chi connectivity index (χ2n) is 6.55. The van der Waals surface area contributed by atoms with Crippen molar-refractivity contribution in [3.8, 4) is 22.4 Å². The third-order valence-corrected chi connectivity index (χ3v) is 5.14. The van der Waals surface area contributed by atoms with Crippen molar-refractivity contribution in [3.63, 3.8) is 0 Å². The first-order valence-corrected chi connectivity index (χ1v) is 9.47. The van der Waals surface area contributed by atoms with Gasteiger partial charge in [-0.3, -0.25) is 4.79 Å². The molecule has 0 bridgehead atoms. The number of fused-ring (bicyclic) bond motifs is 1. The van der Waals surface area contributed by atoms with Gasteiger partial charge in [-0.25, -0.2) is 0 Å². The average molecular weight is 417 g/mol. The number of aromatic nitrogens is 2. The monoisotopic (exact) mass is 416 g/mol. The first-order valence-electron chi connectivity index (χ1n) is 8.68. The molecule has 27 heavy (non-hydrogen) atoms. The van der Waals surface area contributed by atoms with Crippen molar-refractivity contribution < 1.29 is 4.79 Å². The van der Waals surface area contributed by atoms with Gasteiger partial charge in [0.15, 0.2) is 5.78 Å². The van der Waals surface area contributed by atoms with Crippen molar-refractivity contribution in [2.75, 3.05) is 0 Å². The van der Waals surface area contributed by atoms with Crippen LogP contribution in [0.1, 0.15) is 22.8 Å². The summed E-state index contributed by atoms with van der Waals surface area (Å²) in [4.78, 5) is 12.2. The van der Waals surface area contributed by atoms with Gasteiger partial charge in [-0.2, -0.15) is 0 Å². The summed E-state index contributed by atoms with van der Waals surface area (Å²) in [7, 11) is 0. The molecule has 0 aliphatic heterocycles. The Bertz CT molecular complexity index is 1170. The lowest BCUT2D eigenvalue weighted by atomic mass is 9.92. The Morgan fingerprint density at radius 2 is 1.67 bits per heavy atom. The Morgan fingerprint density at radius 1 is 0.926 bits per heavy atom. The molecular formula is C23H17BrN2O. The van der Waals surface area contributed by atoms with Crippen molar-refractivity contribution in [1.82, 2.24) is 10.2 Å². The number of aryl methyl sites for hydroxylation is 1. The lowest BCUT2D eigenvalue weighted by Crippen LogP contribution is -2.01. The summed E-state index contributed by atoms with van der Waals surface area (Å²) in [6.45, 7) is 3.62. The number of carbonyl (C=O) groups is 1. The number of benzene rings is 3.